The van der Waals surface area contributed by atoms with Crippen molar-refractivity contribution in [3.63, 3.8) is 0 Å². The third-order valence-corrected chi connectivity index (χ3v) is 4.81. The standard InChI is InChI=1S/C19H24ClN3O/c20-16-6-4-15(5-7-16)13-18(14-24)22-17-8-11-23(12-9-17)19-3-1-2-10-21-19/h1-7,10,17-18,22,24H,8-9,11-14H2/t18-/m0/s1. The van der Waals surface area contributed by atoms with Gasteiger partial charge in [0.1, 0.15) is 5.82 Å². The maximum atomic E-state index is 9.69. The number of benzene rings is 1. The van der Waals surface area contributed by atoms with E-state index in [0.717, 1.165) is 43.2 Å². The first-order chi connectivity index (χ1) is 11.7. The van der Waals surface area contributed by atoms with Gasteiger partial charge in [-0.3, -0.25) is 0 Å². The molecule has 5 heteroatoms. The number of nitrogens with zero attached hydrogens (tertiary/aromatic N) is 2. The van der Waals surface area contributed by atoms with Gasteiger partial charge < -0.3 is 15.3 Å². The van der Waals surface area contributed by atoms with Crippen LogP contribution in [-0.2, 0) is 6.42 Å². The summed E-state index contributed by atoms with van der Waals surface area (Å²) in [6, 6.07) is 14.4. The lowest BCUT2D eigenvalue weighted by molar-refractivity contribution is 0.222. The van der Waals surface area contributed by atoms with Crippen LogP contribution in [0.3, 0.4) is 0 Å². The Labute approximate surface area is 148 Å². The Morgan fingerprint density at radius 2 is 1.92 bits per heavy atom. The van der Waals surface area contributed by atoms with Crippen molar-refractivity contribution in [2.45, 2.75) is 31.3 Å². The molecule has 0 radical (unpaired) electrons. The fraction of sp³-hybridized carbons (Fsp3) is 0.421. The van der Waals surface area contributed by atoms with E-state index in [1.807, 2.05) is 42.6 Å². The largest absolute Gasteiger partial charge is 0.395 e. The molecule has 128 valence electrons. The van der Waals surface area contributed by atoms with Gasteiger partial charge in [-0.05, 0) is 49.1 Å². The van der Waals surface area contributed by atoms with E-state index in [9.17, 15) is 5.11 Å². The van der Waals surface area contributed by atoms with Gasteiger partial charge in [0.25, 0.3) is 0 Å². The predicted octanol–water partition coefficient (Wildman–Crippen LogP) is 2.90. The van der Waals surface area contributed by atoms with Crippen molar-refractivity contribution in [2.24, 2.45) is 0 Å². The molecule has 0 saturated carbocycles. The van der Waals surface area contributed by atoms with E-state index >= 15 is 0 Å². The van der Waals surface area contributed by atoms with Crippen LogP contribution in [0.4, 0.5) is 5.82 Å². The lowest BCUT2D eigenvalue weighted by atomic mass is 10.0. The minimum absolute atomic E-state index is 0.0811. The molecule has 3 rings (SSSR count). The molecule has 1 saturated heterocycles. The second kappa shape index (κ2) is 8.47. The molecule has 0 spiro atoms. The van der Waals surface area contributed by atoms with Gasteiger partial charge in [-0.1, -0.05) is 29.8 Å². The topological polar surface area (TPSA) is 48.4 Å². The molecule has 1 aromatic heterocycles. The van der Waals surface area contributed by atoms with Crippen LogP contribution in [0.25, 0.3) is 0 Å². The second-order valence-electron chi connectivity index (χ2n) is 6.33. The van der Waals surface area contributed by atoms with E-state index in [1.54, 1.807) is 0 Å². The number of rotatable bonds is 6. The van der Waals surface area contributed by atoms with Crippen LogP contribution < -0.4 is 10.2 Å². The molecular weight excluding hydrogens is 322 g/mol. The number of hydrogen-bond donors (Lipinski definition) is 2. The zero-order valence-electron chi connectivity index (χ0n) is 13.7. The first kappa shape index (κ1) is 17.2. The summed E-state index contributed by atoms with van der Waals surface area (Å²) in [5.41, 5.74) is 1.19. The lowest BCUT2D eigenvalue weighted by Gasteiger charge is -2.35. The summed E-state index contributed by atoms with van der Waals surface area (Å²) >= 11 is 5.93. The highest BCUT2D eigenvalue weighted by Gasteiger charge is 2.22. The molecule has 0 unspecified atom stereocenters. The Morgan fingerprint density at radius 3 is 2.54 bits per heavy atom. The van der Waals surface area contributed by atoms with Crippen LogP contribution in [0.1, 0.15) is 18.4 Å². The first-order valence-corrected chi connectivity index (χ1v) is 8.89. The maximum Gasteiger partial charge on any atom is 0.128 e. The molecular formula is C19H24ClN3O. The number of pyridine rings is 1. The molecule has 24 heavy (non-hydrogen) atoms. The van der Waals surface area contributed by atoms with Crippen molar-refractivity contribution < 1.29 is 5.11 Å². The van der Waals surface area contributed by atoms with Crippen molar-refractivity contribution in [1.82, 2.24) is 10.3 Å². The average Bonchev–Trinajstić information content (AvgIpc) is 2.64. The third kappa shape index (κ3) is 4.69. The molecule has 0 aliphatic carbocycles. The van der Waals surface area contributed by atoms with Crippen LogP contribution in [-0.4, -0.2) is 41.9 Å². The minimum atomic E-state index is 0.0811. The molecule has 0 bridgehead atoms. The molecule has 1 aliphatic rings. The highest BCUT2D eigenvalue weighted by Crippen LogP contribution is 2.18. The normalized spacial score (nSPS) is 17.0. The monoisotopic (exact) mass is 345 g/mol. The van der Waals surface area contributed by atoms with Crippen molar-refractivity contribution in [3.05, 3.63) is 59.2 Å². The summed E-state index contributed by atoms with van der Waals surface area (Å²) in [6.45, 7) is 2.13. The summed E-state index contributed by atoms with van der Waals surface area (Å²) in [5.74, 6) is 1.05. The summed E-state index contributed by atoms with van der Waals surface area (Å²) in [6.07, 6.45) is 4.78. The molecule has 1 fully saturated rings. The van der Waals surface area contributed by atoms with Gasteiger partial charge in [0.2, 0.25) is 0 Å². The Bertz CT molecular complexity index is 612. The van der Waals surface area contributed by atoms with Crippen molar-refractivity contribution in [1.29, 1.82) is 0 Å². The molecule has 2 aromatic rings. The number of aromatic nitrogens is 1. The Kier molecular flexibility index (Phi) is 6.07. The quantitative estimate of drug-likeness (QED) is 0.845. The predicted molar refractivity (Wildman–Crippen MR) is 98.6 cm³/mol. The number of nitrogens with one attached hydrogen (secondary N) is 1. The average molecular weight is 346 g/mol. The molecule has 1 aliphatic heterocycles. The van der Waals surface area contributed by atoms with Crippen molar-refractivity contribution in [2.75, 3.05) is 24.6 Å². The van der Waals surface area contributed by atoms with Crippen molar-refractivity contribution >= 4 is 17.4 Å². The lowest BCUT2D eigenvalue weighted by Crippen LogP contribution is -2.48. The van der Waals surface area contributed by atoms with Gasteiger partial charge in [-0.25, -0.2) is 4.98 Å². The van der Waals surface area contributed by atoms with Crippen LogP contribution in [0.5, 0.6) is 0 Å². The molecule has 1 atom stereocenters. The Balaban J connectivity index is 1.49. The minimum Gasteiger partial charge on any atom is -0.395 e. The van der Waals surface area contributed by atoms with Crippen LogP contribution >= 0.6 is 11.6 Å². The number of aliphatic hydroxyl groups excluding tert-OH is 1. The molecule has 0 amide bonds. The molecule has 2 N–H and O–H groups in total. The summed E-state index contributed by atoms with van der Waals surface area (Å²) < 4.78 is 0. The highest BCUT2D eigenvalue weighted by atomic mass is 35.5. The number of aliphatic hydroxyl groups is 1. The first-order valence-electron chi connectivity index (χ1n) is 8.52. The third-order valence-electron chi connectivity index (χ3n) is 4.56. The van der Waals surface area contributed by atoms with Gasteiger partial charge >= 0.3 is 0 Å². The van der Waals surface area contributed by atoms with E-state index in [1.165, 1.54) is 5.56 Å². The van der Waals surface area contributed by atoms with E-state index in [2.05, 4.69) is 21.3 Å². The Morgan fingerprint density at radius 1 is 1.17 bits per heavy atom. The zero-order valence-corrected chi connectivity index (χ0v) is 14.5. The van der Waals surface area contributed by atoms with Gasteiger partial charge in [-0.2, -0.15) is 0 Å². The number of anilines is 1. The van der Waals surface area contributed by atoms with E-state index in [4.69, 9.17) is 11.6 Å². The SMILES string of the molecule is OC[C@H](Cc1ccc(Cl)cc1)NC1CCN(c2ccccn2)CC1. The van der Waals surface area contributed by atoms with Crippen molar-refractivity contribution in [3.8, 4) is 0 Å². The van der Waals surface area contributed by atoms with Crippen LogP contribution in [0, 0.1) is 0 Å². The number of piperidine rings is 1. The molecule has 2 heterocycles. The summed E-state index contributed by atoms with van der Waals surface area (Å²) in [4.78, 5) is 6.75. The fourth-order valence-electron chi connectivity index (χ4n) is 3.23. The zero-order chi connectivity index (χ0) is 16.8. The van der Waals surface area contributed by atoms with Gasteiger partial charge in [0.05, 0.1) is 6.61 Å². The summed E-state index contributed by atoms with van der Waals surface area (Å²) in [7, 11) is 0. The van der Waals surface area contributed by atoms with Crippen LogP contribution in [0.15, 0.2) is 48.7 Å². The van der Waals surface area contributed by atoms with Gasteiger partial charge in [0, 0.05) is 36.4 Å². The maximum absolute atomic E-state index is 9.69. The van der Waals surface area contributed by atoms with Gasteiger partial charge in [0.15, 0.2) is 0 Å². The Hall–Kier alpha value is -1.62. The summed E-state index contributed by atoms with van der Waals surface area (Å²) in [5, 5.41) is 14.0. The smallest absolute Gasteiger partial charge is 0.128 e. The van der Waals surface area contributed by atoms with E-state index in [-0.39, 0.29) is 12.6 Å². The van der Waals surface area contributed by atoms with Gasteiger partial charge in [-0.15, -0.1) is 0 Å². The fourth-order valence-corrected chi connectivity index (χ4v) is 3.36. The van der Waals surface area contributed by atoms with Crippen LogP contribution in [0.2, 0.25) is 5.02 Å². The van der Waals surface area contributed by atoms with E-state index < -0.39 is 0 Å². The highest BCUT2D eigenvalue weighted by molar-refractivity contribution is 6.30. The molecule has 1 aromatic carbocycles. The second-order valence-corrected chi connectivity index (χ2v) is 6.76. The van der Waals surface area contributed by atoms with E-state index in [0.29, 0.717) is 6.04 Å². The number of halogens is 1. The number of hydrogen-bond acceptors (Lipinski definition) is 4. The molecule has 4 nitrogen and oxygen atoms in total.